The molecule has 0 bridgehead atoms. The number of nitrogens with two attached hydrogens (primary N) is 1. The van der Waals surface area contributed by atoms with E-state index in [0.717, 1.165) is 0 Å². The molecular formula is C14H16ClN3O3. The molecule has 1 atom stereocenters. The average molecular weight is 310 g/mol. The zero-order valence-electron chi connectivity index (χ0n) is 12.0. The topological polar surface area (TPSA) is 79.5 Å². The highest BCUT2D eigenvalue weighted by Gasteiger charge is 2.21. The van der Waals surface area contributed by atoms with Gasteiger partial charge in [0.15, 0.2) is 0 Å². The van der Waals surface area contributed by atoms with E-state index in [1.807, 2.05) is 0 Å². The van der Waals surface area contributed by atoms with Gasteiger partial charge in [-0.25, -0.2) is 4.98 Å². The van der Waals surface area contributed by atoms with Crippen LogP contribution in [0.3, 0.4) is 0 Å². The van der Waals surface area contributed by atoms with Crippen LogP contribution in [0.15, 0.2) is 24.4 Å². The Labute approximate surface area is 127 Å². The summed E-state index contributed by atoms with van der Waals surface area (Å²) in [5.41, 5.74) is 7.44. The Morgan fingerprint density at radius 1 is 1.14 bits per heavy atom. The summed E-state index contributed by atoms with van der Waals surface area (Å²) in [6.07, 6.45) is 1.48. The number of aromatic nitrogens is 2. The van der Waals surface area contributed by atoms with Gasteiger partial charge in [-0.05, 0) is 18.2 Å². The monoisotopic (exact) mass is 309 g/mol. The normalized spacial score (nSPS) is 11.9. The molecule has 112 valence electrons. The Hall–Kier alpha value is -2.05. The third kappa shape index (κ3) is 3.17. The van der Waals surface area contributed by atoms with Crippen molar-refractivity contribution in [2.24, 2.45) is 5.73 Å². The molecule has 0 aliphatic heterocycles. The minimum absolute atomic E-state index is 0.295. The molecule has 0 radical (unpaired) electrons. The number of hydrogen-bond acceptors (Lipinski definition) is 6. The first-order valence-corrected chi connectivity index (χ1v) is 6.52. The number of hydrogen-bond donors (Lipinski definition) is 1. The molecule has 1 heterocycles. The lowest BCUT2D eigenvalue weighted by Gasteiger charge is -2.17. The summed E-state index contributed by atoms with van der Waals surface area (Å²) in [5.74, 6) is 1.26. The molecular weight excluding hydrogens is 294 g/mol. The molecule has 2 aromatic rings. The van der Waals surface area contributed by atoms with Crippen LogP contribution >= 0.6 is 11.6 Å². The Morgan fingerprint density at radius 3 is 2.52 bits per heavy atom. The van der Waals surface area contributed by atoms with Crippen LogP contribution in [0.2, 0.25) is 5.02 Å². The standard InChI is InChI=1S/C14H16ClN3O3/c1-19-10-5-4-8(15)6-9(10)12(16)13-14(21-3)18-11(20-2)7-17-13/h4-7,12H,16H2,1-3H3. The lowest BCUT2D eigenvalue weighted by Crippen LogP contribution is -2.16. The van der Waals surface area contributed by atoms with Crippen molar-refractivity contribution in [1.29, 1.82) is 0 Å². The van der Waals surface area contributed by atoms with Crippen molar-refractivity contribution in [1.82, 2.24) is 9.97 Å². The number of ether oxygens (including phenoxy) is 3. The molecule has 21 heavy (non-hydrogen) atoms. The molecule has 1 aromatic heterocycles. The van der Waals surface area contributed by atoms with Crippen LogP contribution in [0, 0.1) is 0 Å². The van der Waals surface area contributed by atoms with Crippen LogP contribution in [0.25, 0.3) is 0 Å². The molecule has 2 N–H and O–H groups in total. The summed E-state index contributed by atoms with van der Waals surface area (Å²) < 4.78 is 15.6. The summed E-state index contributed by atoms with van der Waals surface area (Å²) >= 11 is 6.03. The van der Waals surface area contributed by atoms with Crippen LogP contribution in [0.1, 0.15) is 17.3 Å². The molecule has 0 saturated heterocycles. The zero-order valence-corrected chi connectivity index (χ0v) is 12.7. The highest BCUT2D eigenvalue weighted by molar-refractivity contribution is 6.30. The predicted octanol–water partition coefficient (Wildman–Crippen LogP) is 2.20. The van der Waals surface area contributed by atoms with E-state index in [4.69, 9.17) is 31.5 Å². The zero-order chi connectivity index (χ0) is 15.4. The minimum atomic E-state index is -0.591. The quantitative estimate of drug-likeness (QED) is 0.912. The lowest BCUT2D eigenvalue weighted by molar-refractivity contribution is 0.354. The van der Waals surface area contributed by atoms with Crippen LogP contribution in [-0.4, -0.2) is 31.3 Å². The van der Waals surface area contributed by atoms with Gasteiger partial charge in [0.1, 0.15) is 11.4 Å². The maximum absolute atomic E-state index is 6.27. The fraction of sp³-hybridized carbons (Fsp3) is 0.286. The van der Waals surface area contributed by atoms with Crippen molar-refractivity contribution >= 4 is 11.6 Å². The molecule has 0 aliphatic carbocycles. The van der Waals surface area contributed by atoms with Crippen LogP contribution in [-0.2, 0) is 0 Å². The van der Waals surface area contributed by atoms with Crippen molar-refractivity contribution in [3.05, 3.63) is 40.7 Å². The van der Waals surface area contributed by atoms with Crippen LogP contribution in [0.5, 0.6) is 17.5 Å². The molecule has 0 spiro atoms. The second kappa shape index (κ2) is 6.60. The summed E-state index contributed by atoms with van der Waals surface area (Å²) in [5, 5.41) is 0.557. The van der Waals surface area contributed by atoms with E-state index in [1.54, 1.807) is 25.3 Å². The first-order valence-electron chi connectivity index (χ1n) is 6.14. The average Bonchev–Trinajstić information content (AvgIpc) is 2.53. The third-order valence-corrected chi connectivity index (χ3v) is 3.20. The first-order chi connectivity index (χ1) is 10.1. The highest BCUT2D eigenvalue weighted by atomic mass is 35.5. The van der Waals surface area contributed by atoms with Crippen LogP contribution in [0.4, 0.5) is 0 Å². The molecule has 2 rings (SSSR count). The molecule has 0 fully saturated rings. The van der Waals surface area contributed by atoms with E-state index < -0.39 is 6.04 Å². The minimum Gasteiger partial charge on any atom is -0.496 e. The van der Waals surface area contributed by atoms with E-state index >= 15 is 0 Å². The van der Waals surface area contributed by atoms with Crippen molar-refractivity contribution in [2.45, 2.75) is 6.04 Å². The summed E-state index contributed by atoms with van der Waals surface area (Å²) in [6, 6.07) is 4.62. The largest absolute Gasteiger partial charge is 0.496 e. The van der Waals surface area contributed by atoms with Gasteiger partial charge in [-0.3, -0.25) is 0 Å². The molecule has 1 unspecified atom stereocenters. The lowest BCUT2D eigenvalue weighted by atomic mass is 10.0. The van der Waals surface area contributed by atoms with Gasteiger partial charge in [-0.1, -0.05) is 11.6 Å². The second-order valence-corrected chi connectivity index (χ2v) is 4.61. The number of methoxy groups -OCH3 is 3. The predicted molar refractivity (Wildman–Crippen MR) is 79.2 cm³/mol. The number of nitrogens with zero attached hydrogens (tertiary/aromatic N) is 2. The number of halogens is 1. The summed E-state index contributed by atoms with van der Waals surface area (Å²) in [6.45, 7) is 0. The van der Waals surface area contributed by atoms with Gasteiger partial charge in [-0.2, -0.15) is 4.98 Å². The Kier molecular flexibility index (Phi) is 4.82. The molecule has 7 heteroatoms. The first kappa shape index (κ1) is 15.3. The molecule has 0 saturated carbocycles. The Bertz CT molecular complexity index is 637. The fourth-order valence-electron chi connectivity index (χ4n) is 1.92. The molecule has 0 amide bonds. The SMILES string of the molecule is COc1cnc(C(N)c2cc(Cl)ccc2OC)c(OC)n1. The van der Waals surface area contributed by atoms with Gasteiger partial charge in [0.05, 0.1) is 33.6 Å². The molecule has 0 aliphatic rings. The molecule has 6 nitrogen and oxygen atoms in total. The third-order valence-electron chi connectivity index (χ3n) is 2.97. The maximum atomic E-state index is 6.27. The molecule has 1 aromatic carbocycles. The number of rotatable bonds is 5. The summed E-state index contributed by atoms with van der Waals surface area (Å²) in [7, 11) is 4.56. The van der Waals surface area contributed by atoms with E-state index in [-0.39, 0.29) is 0 Å². The van der Waals surface area contributed by atoms with Gasteiger partial charge < -0.3 is 19.9 Å². The van der Waals surface area contributed by atoms with Crippen molar-refractivity contribution in [2.75, 3.05) is 21.3 Å². The van der Waals surface area contributed by atoms with Gasteiger partial charge in [0, 0.05) is 10.6 Å². The second-order valence-electron chi connectivity index (χ2n) is 4.17. The summed E-state index contributed by atoms with van der Waals surface area (Å²) in [4.78, 5) is 8.44. The van der Waals surface area contributed by atoms with Gasteiger partial charge >= 0.3 is 0 Å². The fourth-order valence-corrected chi connectivity index (χ4v) is 2.10. The smallest absolute Gasteiger partial charge is 0.240 e. The number of benzene rings is 1. The van der Waals surface area contributed by atoms with E-state index in [0.29, 0.717) is 33.8 Å². The van der Waals surface area contributed by atoms with Crippen molar-refractivity contribution in [3.8, 4) is 17.5 Å². The van der Waals surface area contributed by atoms with Gasteiger partial charge in [0.2, 0.25) is 11.8 Å². The Balaban J connectivity index is 2.49. The van der Waals surface area contributed by atoms with Crippen molar-refractivity contribution < 1.29 is 14.2 Å². The van der Waals surface area contributed by atoms with Crippen molar-refractivity contribution in [3.63, 3.8) is 0 Å². The maximum Gasteiger partial charge on any atom is 0.240 e. The van der Waals surface area contributed by atoms with E-state index in [9.17, 15) is 0 Å². The van der Waals surface area contributed by atoms with Gasteiger partial charge in [-0.15, -0.1) is 0 Å². The highest BCUT2D eigenvalue weighted by Crippen LogP contribution is 2.33. The van der Waals surface area contributed by atoms with E-state index in [2.05, 4.69) is 9.97 Å². The van der Waals surface area contributed by atoms with Gasteiger partial charge in [0.25, 0.3) is 0 Å². The van der Waals surface area contributed by atoms with E-state index in [1.165, 1.54) is 20.4 Å². The van der Waals surface area contributed by atoms with Crippen LogP contribution < -0.4 is 19.9 Å². The Morgan fingerprint density at radius 2 is 1.90 bits per heavy atom.